The maximum atomic E-state index is 6.88. The van der Waals surface area contributed by atoms with Crippen LogP contribution < -0.4 is 0 Å². The molecule has 0 amide bonds. The van der Waals surface area contributed by atoms with E-state index in [4.69, 9.17) is 10.4 Å². The Morgan fingerprint density at radius 1 is 1.75 bits per heavy atom. The molecule has 0 heterocycles. The van der Waals surface area contributed by atoms with Crippen molar-refractivity contribution in [2.75, 3.05) is 0 Å². The molecule has 17 valence electrons. The first-order chi connectivity index (χ1) is 1.41. The Bertz CT molecular complexity index is 29.5. The zero-order valence-corrected chi connectivity index (χ0v) is 4.39. The Labute approximate surface area is 46.3 Å². The molecule has 1 N–H and O–H groups in total. The van der Waals surface area contributed by atoms with E-state index < -0.39 is 0 Å². The van der Waals surface area contributed by atoms with Crippen LogP contribution in [0.3, 0.4) is 0 Å². The van der Waals surface area contributed by atoms with Crippen molar-refractivity contribution in [2.24, 2.45) is 0 Å². The number of aliphatic hydroxyl groups excluding tert-OH is 1. The van der Waals surface area contributed by atoms with Crippen molar-refractivity contribution in [3.63, 3.8) is 0 Å². The molecule has 0 aliphatic heterocycles. The summed E-state index contributed by atoms with van der Waals surface area (Å²) in [5, 5.41) is 13.8. The van der Waals surface area contributed by atoms with Crippen LogP contribution in [0.2, 0.25) is 0 Å². The summed E-state index contributed by atoms with van der Waals surface area (Å²) in [5.74, 6) is 0. The van der Waals surface area contributed by atoms with Crippen molar-refractivity contribution in [3.8, 4) is 6.26 Å². The maximum absolute atomic E-state index is 6.88. The van der Waals surface area contributed by atoms with Crippen LogP contribution in [0, 0.1) is 11.5 Å². The van der Waals surface area contributed by atoms with Gasteiger partial charge >= 0.3 is 0 Å². The van der Waals surface area contributed by atoms with Gasteiger partial charge in [-0.15, -0.1) is 0 Å². The second kappa shape index (κ2) is 10.4. The molecule has 0 rings (SSSR count). The first kappa shape index (κ1) is 8.85. The average molecular weight is 66.0 g/mol. The van der Waals surface area contributed by atoms with Gasteiger partial charge in [0.15, 0.2) is 0 Å². The largest absolute Gasteiger partial charge is 0.443 e. The van der Waals surface area contributed by atoms with Crippen LogP contribution in [0.25, 0.3) is 0 Å². The molecular weight excluding hydrogens is 65.0 g/mol. The molecule has 0 saturated heterocycles. The zero-order chi connectivity index (χ0) is 2.71. The molecule has 0 unspecified atom stereocenters. The quantitative estimate of drug-likeness (QED) is 0.305. The van der Waals surface area contributed by atoms with E-state index >= 15 is 0 Å². The topological polar surface area (TPSA) is 44.0 Å². The summed E-state index contributed by atoms with van der Waals surface area (Å²) < 4.78 is 0. The molecule has 0 spiro atoms. The Kier molecular flexibility index (Phi) is 23.0. The summed E-state index contributed by atoms with van der Waals surface area (Å²) in [6, 6.07) is 0. The summed E-state index contributed by atoms with van der Waals surface area (Å²) in [7, 11) is 0. The molecular formula is CHNNaO. The second-order valence-corrected chi connectivity index (χ2v) is 0.100. The molecule has 0 atom stereocenters. The summed E-state index contributed by atoms with van der Waals surface area (Å²) in [6.45, 7) is 0. The summed E-state index contributed by atoms with van der Waals surface area (Å²) >= 11 is 0. The number of rotatable bonds is 0. The molecule has 0 aliphatic rings. The third kappa shape index (κ3) is 45.3. The summed E-state index contributed by atoms with van der Waals surface area (Å²) in [5.41, 5.74) is 0. The Balaban J connectivity index is 0. The van der Waals surface area contributed by atoms with Crippen LogP contribution in [0.5, 0.6) is 0 Å². The molecule has 3 heteroatoms. The second-order valence-electron chi connectivity index (χ2n) is 0.100. The smallest absolute Gasteiger partial charge is 0.283 e. The molecule has 2 nitrogen and oxygen atoms in total. The Hall–Kier alpha value is 0.290. The van der Waals surface area contributed by atoms with Gasteiger partial charge in [-0.1, -0.05) is 0 Å². The van der Waals surface area contributed by atoms with Crippen LogP contribution in [-0.4, -0.2) is 34.7 Å². The van der Waals surface area contributed by atoms with E-state index in [1.807, 2.05) is 0 Å². The van der Waals surface area contributed by atoms with E-state index in [2.05, 4.69) is 0 Å². The minimum absolute atomic E-state index is 0. The number of aliphatic hydroxyl groups is 1. The van der Waals surface area contributed by atoms with Gasteiger partial charge in [-0.05, 0) is 0 Å². The van der Waals surface area contributed by atoms with E-state index in [9.17, 15) is 0 Å². The number of nitrogens with zero attached hydrogens (tertiary/aromatic N) is 1. The minimum atomic E-state index is 0. The van der Waals surface area contributed by atoms with Gasteiger partial charge < -0.3 is 5.11 Å². The summed E-state index contributed by atoms with van der Waals surface area (Å²) in [6.07, 6.45) is 0.750. The van der Waals surface area contributed by atoms with Gasteiger partial charge in [0.25, 0.3) is 6.26 Å². The standard InChI is InChI=1S/CHNO.Na/c2-1-3;/h3H;. The Morgan fingerprint density at radius 2 is 1.75 bits per heavy atom. The van der Waals surface area contributed by atoms with Gasteiger partial charge in [-0.2, -0.15) is 5.26 Å². The molecule has 0 saturated carbocycles. The predicted octanol–water partition coefficient (Wildman–Crippen LogP) is -0.541. The van der Waals surface area contributed by atoms with Crippen LogP contribution >= 0.6 is 0 Å². The van der Waals surface area contributed by atoms with E-state index in [1.165, 1.54) is 0 Å². The van der Waals surface area contributed by atoms with Crippen molar-refractivity contribution in [1.29, 1.82) is 5.26 Å². The monoisotopic (exact) mass is 66.0 g/mol. The van der Waals surface area contributed by atoms with Gasteiger partial charge in [0.2, 0.25) is 0 Å². The fourth-order valence-electron chi connectivity index (χ4n) is 0. The van der Waals surface area contributed by atoms with E-state index in [1.54, 1.807) is 0 Å². The van der Waals surface area contributed by atoms with Crippen molar-refractivity contribution >= 4 is 29.6 Å². The normalized spacial score (nSPS) is 1.75. The first-order valence-corrected chi connectivity index (χ1v) is 0.447. The minimum Gasteiger partial charge on any atom is -0.443 e. The third-order valence-corrected chi connectivity index (χ3v) is 0. The average Bonchev–Trinajstić information content (AvgIpc) is 0.918. The molecule has 0 aliphatic carbocycles. The molecule has 0 aromatic carbocycles. The van der Waals surface area contributed by atoms with Gasteiger partial charge in [0, 0.05) is 29.6 Å². The van der Waals surface area contributed by atoms with Crippen molar-refractivity contribution in [3.05, 3.63) is 0 Å². The van der Waals surface area contributed by atoms with Crippen LogP contribution in [-0.2, 0) is 0 Å². The SMILES string of the molecule is N#CO.[Na]. The molecule has 0 bridgehead atoms. The van der Waals surface area contributed by atoms with Gasteiger partial charge in [-0.25, -0.2) is 0 Å². The van der Waals surface area contributed by atoms with Gasteiger partial charge in [0.1, 0.15) is 0 Å². The third-order valence-electron chi connectivity index (χ3n) is 0. The molecule has 0 fully saturated rings. The molecule has 1 radical (unpaired) electrons. The van der Waals surface area contributed by atoms with Crippen LogP contribution in [0.15, 0.2) is 0 Å². The van der Waals surface area contributed by atoms with Crippen LogP contribution in [0.1, 0.15) is 0 Å². The Morgan fingerprint density at radius 3 is 1.75 bits per heavy atom. The fraction of sp³-hybridized carbons (Fsp3) is 0. The van der Waals surface area contributed by atoms with Gasteiger partial charge in [-0.3, -0.25) is 0 Å². The number of hydrogen-bond donors (Lipinski definition) is 1. The van der Waals surface area contributed by atoms with Crippen LogP contribution in [0.4, 0.5) is 0 Å². The van der Waals surface area contributed by atoms with E-state index in [-0.39, 0.29) is 29.6 Å². The van der Waals surface area contributed by atoms with Gasteiger partial charge in [0.05, 0.1) is 0 Å². The first-order valence-electron chi connectivity index (χ1n) is 0.447. The van der Waals surface area contributed by atoms with Crippen molar-refractivity contribution in [1.82, 2.24) is 0 Å². The zero-order valence-electron chi connectivity index (χ0n) is 2.39. The van der Waals surface area contributed by atoms with E-state index in [0.717, 1.165) is 6.26 Å². The molecule has 4 heavy (non-hydrogen) atoms. The predicted molar refractivity (Wildman–Crippen MR) is 13.3 cm³/mol. The van der Waals surface area contributed by atoms with Crippen molar-refractivity contribution in [2.45, 2.75) is 0 Å². The fourth-order valence-corrected chi connectivity index (χ4v) is 0. The summed E-state index contributed by atoms with van der Waals surface area (Å²) in [4.78, 5) is 0. The van der Waals surface area contributed by atoms with Crippen molar-refractivity contribution < 1.29 is 5.11 Å². The van der Waals surface area contributed by atoms with E-state index in [0.29, 0.717) is 0 Å². The molecule has 0 aromatic rings. The number of hydrogen-bond acceptors (Lipinski definition) is 2. The molecule has 0 aromatic heterocycles. The maximum Gasteiger partial charge on any atom is 0.283 e. The number of nitriles is 1.